The van der Waals surface area contributed by atoms with Gasteiger partial charge >= 0.3 is 6.09 Å². The van der Waals surface area contributed by atoms with Gasteiger partial charge in [0.2, 0.25) is 5.88 Å². The van der Waals surface area contributed by atoms with E-state index in [2.05, 4.69) is 31.2 Å². The number of carbonyl (C=O) groups excluding carboxylic acids is 2. The first-order valence-corrected chi connectivity index (χ1v) is 13.0. The number of rotatable bonds is 8. The molecule has 0 atom stereocenters. The van der Waals surface area contributed by atoms with Gasteiger partial charge in [0.05, 0.1) is 0 Å². The van der Waals surface area contributed by atoms with E-state index >= 15 is 0 Å². The highest BCUT2D eigenvalue weighted by Crippen LogP contribution is 2.35. The molecule has 0 unspecified atom stereocenters. The zero-order valence-corrected chi connectivity index (χ0v) is 24.6. The summed E-state index contributed by atoms with van der Waals surface area (Å²) in [6, 6.07) is 8.17. The van der Waals surface area contributed by atoms with Gasteiger partial charge in [0.15, 0.2) is 0 Å². The average molecular weight is 536 g/mol. The normalized spacial score (nSPS) is 11.8. The summed E-state index contributed by atoms with van der Waals surface area (Å²) in [4.78, 5) is 29.6. The van der Waals surface area contributed by atoms with E-state index < -0.39 is 17.5 Å². The van der Waals surface area contributed by atoms with Gasteiger partial charge in [-0.1, -0.05) is 50.6 Å². The van der Waals surface area contributed by atoms with Crippen molar-refractivity contribution in [2.24, 2.45) is 18.2 Å². The number of carbonyl (C=O) groups is 2. The highest BCUT2D eigenvalue weighted by atomic mass is 16.5. The van der Waals surface area contributed by atoms with Gasteiger partial charge in [0, 0.05) is 41.3 Å². The summed E-state index contributed by atoms with van der Waals surface area (Å²) in [5.74, 6) is -0.466. The van der Waals surface area contributed by atoms with Gasteiger partial charge in [0.1, 0.15) is 18.8 Å². The average Bonchev–Trinajstić information content (AvgIpc) is 3.16. The fraction of sp³-hybridized carbons (Fsp3) is 0.467. The van der Waals surface area contributed by atoms with Crippen LogP contribution in [0.5, 0.6) is 5.88 Å². The van der Waals surface area contributed by atoms with Crippen molar-refractivity contribution in [3.05, 3.63) is 64.1 Å². The van der Waals surface area contributed by atoms with Crippen LogP contribution in [0, 0.1) is 19.3 Å². The van der Waals surface area contributed by atoms with Crippen LogP contribution in [0.3, 0.4) is 0 Å². The van der Waals surface area contributed by atoms with Crippen molar-refractivity contribution >= 4 is 12.0 Å². The summed E-state index contributed by atoms with van der Waals surface area (Å²) >= 11 is 0. The first-order valence-electron chi connectivity index (χ1n) is 13.0. The Bertz CT molecular complexity index is 1350. The van der Waals surface area contributed by atoms with Gasteiger partial charge in [-0.05, 0) is 57.6 Å². The molecule has 9 heteroatoms. The van der Waals surface area contributed by atoms with Crippen molar-refractivity contribution in [2.45, 2.75) is 80.6 Å². The second-order valence-corrected chi connectivity index (χ2v) is 12.2. The second-order valence-electron chi connectivity index (χ2n) is 12.2. The van der Waals surface area contributed by atoms with Crippen LogP contribution >= 0.6 is 0 Å². The molecule has 3 N–H and O–H groups in total. The molecular weight excluding hydrogens is 494 g/mol. The number of amides is 2. The molecule has 0 aliphatic heterocycles. The van der Waals surface area contributed by atoms with E-state index in [-0.39, 0.29) is 30.1 Å². The van der Waals surface area contributed by atoms with Crippen LogP contribution in [0.2, 0.25) is 0 Å². The lowest BCUT2D eigenvalue weighted by atomic mass is 9.85. The molecule has 0 aliphatic carbocycles. The van der Waals surface area contributed by atoms with Crippen LogP contribution in [0.4, 0.5) is 4.79 Å². The van der Waals surface area contributed by atoms with Crippen LogP contribution in [-0.2, 0) is 31.4 Å². The maximum absolute atomic E-state index is 12.7. The van der Waals surface area contributed by atoms with Gasteiger partial charge in [-0.25, -0.2) is 4.79 Å². The van der Waals surface area contributed by atoms with Crippen molar-refractivity contribution in [3.8, 4) is 17.0 Å². The molecule has 0 bridgehead atoms. The third-order valence-corrected chi connectivity index (χ3v) is 5.97. The van der Waals surface area contributed by atoms with E-state index in [4.69, 9.17) is 20.2 Å². The molecule has 0 spiro atoms. The SMILES string of the molecule is Cc1ccc(-c2c(COc3nn(C)cc3C(N)=O)c(C)nc(CC(C)(C)C)c2COC(=O)NC(C)(C)C)cc1. The molecule has 1 aromatic carbocycles. The number of ether oxygens (including phenoxy) is 2. The number of nitrogens with zero attached hydrogens (tertiary/aromatic N) is 3. The fourth-order valence-corrected chi connectivity index (χ4v) is 4.26. The number of benzene rings is 1. The Balaban J connectivity index is 2.16. The molecule has 2 amide bonds. The summed E-state index contributed by atoms with van der Waals surface area (Å²) in [7, 11) is 1.70. The van der Waals surface area contributed by atoms with Gasteiger partial charge in [-0.15, -0.1) is 5.10 Å². The molecule has 0 saturated heterocycles. The van der Waals surface area contributed by atoms with Crippen LogP contribution in [0.25, 0.3) is 11.1 Å². The first-order chi connectivity index (χ1) is 18.0. The lowest BCUT2D eigenvalue weighted by Crippen LogP contribution is -2.40. The summed E-state index contributed by atoms with van der Waals surface area (Å²) < 4.78 is 13.3. The minimum absolute atomic E-state index is 0.0347. The number of hydrogen-bond donors (Lipinski definition) is 2. The monoisotopic (exact) mass is 535 g/mol. The smallest absolute Gasteiger partial charge is 0.407 e. The predicted octanol–water partition coefficient (Wildman–Crippen LogP) is 5.39. The van der Waals surface area contributed by atoms with Gasteiger partial charge in [-0.2, -0.15) is 0 Å². The Morgan fingerprint density at radius 2 is 1.64 bits per heavy atom. The fourth-order valence-electron chi connectivity index (χ4n) is 4.26. The van der Waals surface area contributed by atoms with Crippen molar-refractivity contribution in [3.63, 3.8) is 0 Å². The number of primary amides is 1. The summed E-state index contributed by atoms with van der Waals surface area (Å²) in [6.45, 7) is 16.2. The minimum Gasteiger partial charge on any atom is -0.471 e. The summed E-state index contributed by atoms with van der Waals surface area (Å²) in [5, 5.41) is 7.12. The molecule has 0 fully saturated rings. The van der Waals surface area contributed by atoms with Crippen molar-refractivity contribution in [1.29, 1.82) is 0 Å². The largest absolute Gasteiger partial charge is 0.471 e. The van der Waals surface area contributed by atoms with Gasteiger partial charge < -0.3 is 20.5 Å². The Labute approximate surface area is 231 Å². The van der Waals surface area contributed by atoms with Gasteiger partial charge in [-0.3, -0.25) is 14.5 Å². The zero-order valence-electron chi connectivity index (χ0n) is 24.6. The molecule has 3 aromatic rings. The molecule has 2 heterocycles. The van der Waals surface area contributed by atoms with E-state index in [1.807, 2.05) is 58.9 Å². The van der Waals surface area contributed by atoms with E-state index in [0.29, 0.717) is 6.42 Å². The minimum atomic E-state index is -0.619. The Morgan fingerprint density at radius 1 is 1.00 bits per heavy atom. The molecule has 9 nitrogen and oxygen atoms in total. The van der Waals surface area contributed by atoms with Crippen molar-refractivity contribution in [1.82, 2.24) is 20.1 Å². The Morgan fingerprint density at radius 3 is 2.21 bits per heavy atom. The highest BCUT2D eigenvalue weighted by molar-refractivity contribution is 5.94. The lowest BCUT2D eigenvalue weighted by Gasteiger charge is -2.25. The van der Waals surface area contributed by atoms with E-state index in [9.17, 15) is 9.59 Å². The zero-order chi connectivity index (χ0) is 29.1. The number of nitrogens with one attached hydrogen (secondary N) is 1. The molecular formula is C30H41N5O4. The highest BCUT2D eigenvalue weighted by Gasteiger charge is 2.25. The number of aryl methyl sites for hydroxylation is 3. The topological polar surface area (TPSA) is 121 Å². The maximum Gasteiger partial charge on any atom is 0.407 e. The molecule has 3 rings (SSSR count). The third-order valence-electron chi connectivity index (χ3n) is 5.97. The number of hydrogen-bond acceptors (Lipinski definition) is 6. The Hall–Kier alpha value is -3.88. The summed E-state index contributed by atoms with van der Waals surface area (Å²) in [6.07, 6.45) is 1.71. The maximum atomic E-state index is 12.7. The van der Waals surface area contributed by atoms with Crippen LogP contribution in [0.1, 0.15) is 80.0 Å². The quantitative estimate of drug-likeness (QED) is 0.399. The molecule has 39 heavy (non-hydrogen) atoms. The number of pyridine rings is 1. The van der Waals surface area contributed by atoms with E-state index in [1.165, 1.54) is 10.9 Å². The number of alkyl carbamates (subject to hydrolysis) is 1. The van der Waals surface area contributed by atoms with Crippen LogP contribution in [-0.4, -0.2) is 32.3 Å². The van der Waals surface area contributed by atoms with E-state index in [0.717, 1.165) is 39.2 Å². The predicted molar refractivity (Wildman–Crippen MR) is 151 cm³/mol. The second kappa shape index (κ2) is 11.5. The molecule has 0 radical (unpaired) electrons. The molecule has 0 aliphatic rings. The Kier molecular flexibility index (Phi) is 8.73. The molecule has 2 aromatic heterocycles. The summed E-state index contributed by atoms with van der Waals surface area (Å²) in [5.41, 5.74) is 11.5. The number of nitrogens with two attached hydrogens (primary N) is 1. The standard InChI is InChI=1S/C30H41N5O4/c1-18-10-12-20(13-11-18)25-22(16-38-27-21(26(31)36)15-35(9)34-27)19(2)32-24(14-29(3,4)5)23(25)17-39-28(37)33-30(6,7)8/h10-13,15H,14,16-17H2,1-9H3,(H2,31,36)(H,33,37). The van der Waals surface area contributed by atoms with Crippen LogP contribution in [0.15, 0.2) is 30.5 Å². The third kappa shape index (κ3) is 8.05. The van der Waals surface area contributed by atoms with Gasteiger partial charge in [0.25, 0.3) is 5.91 Å². The molecule has 210 valence electrons. The number of aromatic nitrogens is 3. The first kappa shape index (κ1) is 29.7. The van der Waals surface area contributed by atoms with Crippen molar-refractivity contribution < 1.29 is 19.1 Å². The van der Waals surface area contributed by atoms with Crippen LogP contribution < -0.4 is 15.8 Å². The molecule has 0 saturated carbocycles. The van der Waals surface area contributed by atoms with Crippen molar-refractivity contribution in [2.75, 3.05) is 0 Å². The van der Waals surface area contributed by atoms with E-state index in [1.54, 1.807) is 7.05 Å². The lowest BCUT2D eigenvalue weighted by molar-refractivity contribution is 0.0995.